The lowest BCUT2D eigenvalue weighted by Gasteiger charge is -2.38. The van der Waals surface area contributed by atoms with Gasteiger partial charge in [0.15, 0.2) is 0 Å². The number of hydrogen-bond donors (Lipinski definition) is 0. The molecular weight excluding hydrogens is 196 g/mol. The van der Waals surface area contributed by atoms with E-state index in [-0.39, 0.29) is 11.4 Å². The fraction of sp³-hybridized carbons (Fsp3) is 0.545. The number of hydrogen-bond acceptors (Lipinski definition) is 3. The number of methoxy groups -OCH3 is 1. The topological polar surface area (TPSA) is 26.3 Å². The Kier molecular flexibility index (Phi) is 2.59. The third kappa shape index (κ3) is 1.57. The minimum absolute atomic E-state index is 0.0304. The van der Waals surface area contributed by atoms with Crippen molar-refractivity contribution >= 4 is 17.3 Å². The van der Waals surface area contributed by atoms with Crippen molar-refractivity contribution in [2.75, 3.05) is 7.11 Å². The Labute approximate surface area is 87.9 Å². The zero-order valence-corrected chi connectivity index (χ0v) is 9.10. The molecule has 1 aromatic heterocycles. The summed E-state index contributed by atoms with van der Waals surface area (Å²) in [5.74, 6) is -0.0304. The molecule has 0 amide bonds. The quantitative estimate of drug-likeness (QED) is 0.717. The molecule has 0 aliphatic heterocycles. The number of carbonyl (C=O) groups is 1. The number of ether oxygens (including phenoxy) is 1. The highest BCUT2D eigenvalue weighted by Gasteiger charge is 2.45. The molecule has 1 heterocycles. The fourth-order valence-electron chi connectivity index (χ4n) is 2.02. The zero-order valence-electron chi connectivity index (χ0n) is 8.29. The summed E-state index contributed by atoms with van der Waals surface area (Å²) in [5.41, 5.74) is -0.195. The van der Waals surface area contributed by atoms with Crippen molar-refractivity contribution in [3.8, 4) is 0 Å². The Bertz CT molecular complexity index is 312. The molecule has 0 spiro atoms. The summed E-state index contributed by atoms with van der Waals surface area (Å²) >= 11 is 1.72. The maximum absolute atomic E-state index is 11.6. The lowest BCUT2D eigenvalue weighted by atomic mass is 9.66. The van der Waals surface area contributed by atoms with Gasteiger partial charge >= 0.3 is 5.97 Å². The monoisotopic (exact) mass is 210 g/mol. The van der Waals surface area contributed by atoms with Crippen molar-refractivity contribution < 1.29 is 9.53 Å². The normalized spacial score (nSPS) is 18.6. The van der Waals surface area contributed by atoms with Crippen LogP contribution in [0, 0.1) is 5.41 Å². The summed E-state index contributed by atoms with van der Waals surface area (Å²) in [4.78, 5) is 12.9. The van der Waals surface area contributed by atoms with Crippen LogP contribution in [0.15, 0.2) is 17.5 Å². The summed E-state index contributed by atoms with van der Waals surface area (Å²) in [6.07, 6.45) is 3.98. The summed E-state index contributed by atoms with van der Waals surface area (Å²) in [6, 6.07) is 4.12. The van der Waals surface area contributed by atoms with Crippen LogP contribution in [0.5, 0.6) is 0 Å². The minimum atomic E-state index is -0.195. The highest BCUT2D eigenvalue weighted by Crippen LogP contribution is 2.45. The third-order valence-corrected chi connectivity index (χ3v) is 3.90. The Balaban J connectivity index is 2.10. The molecule has 14 heavy (non-hydrogen) atoms. The zero-order chi connectivity index (χ0) is 10.0. The highest BCUT2D eigenvalue weighted by atomic mass is 32.1. The van der Waals surface area contributed by atoms with Crippen LogP contribution in [0.25, 0.3) is 0 Å². The van der Waals surface area contributed by atoms with Gasteiger partial charge in [0, 0.05) is 4.88 Å². The Morgan fingerprint density at radius 2 is 2.43 bits per heavy atom. The molecule has 1 saturated carbocycles. The average Bonchev–Trinajstić information content (AvgIpc) is 2.62. The lowest BCUT2D eigenvalue weighted by molar-refractivity contribution is -0.158. The second kappa shape index (κ2) is 3.73. The van der Waals surface area contributed by atoms with Crippen LogP contribution in [0.4, 0.5) is 0 Å². The lowest BCUT2D eigenvalue weighted by Crippen LogP contribution is -2.40. The summed E-state index contributed by atoms with van der Waals surface area (Å²) in [5, 5.41) is 2.05. The molecule has 0 atom stereocenters. The predicted octanol–water partition coefficient (Wildman–Crippen LogP) is 2.63. The predicted molar refractivity (Wildman–Crippen MR) is 56.3 cm³/mol. The van der Waals surface area contributed by atoms with Gasteiger partial charge in [-0.2, -0.15) is 0 Å². The second-order valence-corrected chi connectivity index (χ2v) is 4.91. The van der Waals surface area contributed by atoms with E-state index in [1.165, 1.54) is 12.0 Å². The standard InChI is InChI=1S/C11H14O2S/c1-13-10(12)11(5-3-6-11)8-9-4-2-7-14-9/h2,4,7H,3,5-6,8H2,1H3. The van der Waals surface area contributed by atoms with E-state index in [4.69, 9.17) is 4.74 Å². The Morgan fingerprint density at radius 3 is 2.86 bits per heavy atom. The average molecular weight is 210 g/mol. The molecule has 2 nitrogen and oxygen atoms in total. The molecule has 0 unspecified atom stereocenters. The van der Waals surface area contributed by atoms with E-state index in [0.717, 1.165) is 25.7 Å². The van der Waals surface area contributed by atoms with Gasteiger partial charge in [0.2, 0.25) is 0 Å². The molecular formula is C11H14O2S. The largest absolute Gasteiger partial charge is 0.469 e. The minimum Gasteiger partial charge on any atom is -0.469 e. The molecule has 2 rings (SSSR count). The maximum Gasteiger partial charge on any atom is 0.312 e. The fourth-order valence-corrected chi connectivity index (χ4v) is 2.87. The molecule has 1 aliphatic rings. The smallest absolute Gasteiger partial charge is 0.312 e. The molecule has 76 valence electrons. The van der Waals surface area contributed by atoms with E-state index >= 15 is 0 Å². The SMILES string of the molecule is COC(=O)C1(Cc2cccs2)CCC1. The summed E-state index contributed by atoms with van der Waals surface area (Å²) in [7, 11) is 1.48. The van der Waals surface area contributed by atoms with Crippen LogP contribution >= 0.6 is 11.3 Å². The van der Waals surface area contributed by atoms with E-state index in [0.29, 0.717) is 0 Å². The number of thiophene rings is 1. The number of carbonyl (C=O) groups excluding carboxylic acids is 1. The van der Waals surface area contributed by atoms with E-state index < -0.39 is 0 Å². The first-order chi connectivity index (χ1) is 6.77. The van der Waals surface area contributed by atoms with Gasteiger partial charge in [-0.25, -0.2) is 0 Å². The Morgan fingerprint density at radius 1 is 1.64 bits per heavy atom. The Hall–Kier alpha value is -0.830. The van der Waals surface area contributed by atoms with Crippen LogP contribution in [-0.2, 0) is 16.0 Å². The number of rotatable bonds is 3. The van der Waals surface area contributed by atoms with Crippen molar-refractivity contribution in [3.63, 3.8) is 0 Å². The van der Waals surface area contributed by atoms with Gasteiger partial charge in [0.1, 0.15) is 0 Å². The van der Waals surface area contributed by atoms with Crippen LogP contribution in [0.1, 0.15) is 24.1 Å². The van der Waals surface area contributed by atoms with Gasteiger partial charge < -0.3 is 4.74 Å². The molecule has 1 fully saturated rings. The molecule has 0 radical (unpaired) electrons. The van der Waals surface area contributed by atoms with Crippen molar-refractivity contribution in [1.82, 2.24) is 0 Å². The molecule has 0 N–H and O–H groups in total. The van der Waals surface area contributed by atoms with Crippen LogP contribution in [0.2, 0.25) is 0 Å². The molecule has 0 saturated heterocycles. The van der Waals surface area contributed by atoms with E-state index in [2.05, 4.69) is 11.4 Å². The van der Waals surface area contributed by atoms with Gasteiger partial charge in [0.25, 0.3) is 0 Å². The van der Waals surface area contributed by atoms with E-state index in [1.807, 2.05) is 6.07 Å². The summed E-state index contributed by atoms with van der Waals surface area (Å²) in [6.45, 7) is 0. The molecule has 3 heteroatoms. The van der Waals surface area contributed by atoms with Crippen LogP contribution in [-0.4, -0.2) is 13.1 Å². The first kappa shape index (κ1) is 9.71. The maximum atomic E-state index is 11.6. The molecule has 0 bridgehead atoms. The van der Waals surface area contributed by atoms with E-state index in [9.17, 15) is 4.79 Å². The summed E-state index contributed by atoms with van der Waals surface area (Å²) < 4.78 is 4.87. The van der Waals surface area contributed by atoms with Gasteiger partial charge in [-0.1, -0.05) is 12.5 Å². The van der Waals surface area contributed by atoms with Crippen molar-refractivity contribution in [2.45, 2.75) is 25.7 Å². The van der Waals surface area contributed by atoms with Gasteiger partial charge in [-0.05, 0) is 30.7 Å². The molecule has 1 aromatic rings. The van der Waals surface area contributed by atoms with Crippen molar-refractivity contribution in [2.24, 2.45) is 5.41 Å². The highest BCUT2D eigenvalue weighted by molar-refractivity contribution is 7.09. The molecule has 1 aliphatic carbocycles. The third-order valence-electron chi connectivity index (χ3n) is 3.02. The van der Waals surface area contributed by atoms with Gasteiger partial charge in [-0.3, -0.25) is 4.79 Å². The first-order valence-electron chi connectivity index (χ1n) is 4.88. The van der Waals surface area contributed by atoms with Crippen molar-refractivity contribution in [3.05, 3.63) is 22.4 Å². The van der Waals surface area contributed by atoms with Crippen LogP contribution in [0.3, 0.4) is 0 Å². The molecule has 0 aromatic carbocycles. The van der Waals surface area contributed by atoms with Gasteiger partial charge in [0.05, 0.1) is 12.5 Å². The second-order valence-electron chi connectivity index (χ2n) is 3.88. The van der Waals surface area contributed by atoms with Crippen LogP contribution < -0.4 is 0 Å². The first-order valence-corrected chi connectivity index (χ1v) is 5.76. The van der Waals surface area contributed by atoms with Crippen molar-refractivity contribution in [1.29, 1.82) is 0 Å². The van der Waals surface area contributed by atoms with E-state index in [1.54, 1.807) is 11.3 Å². The van der Waals surface area contributed by atoms with Gasteiger partial charge in [-0.15, -0.1) is 11.3 Å². The number of esters is 1.